The van der Waals surface area contributed by atoms with Gasteiger partial charge < -0.3 is 10.1 Å². The van der Waals surface area contributed by atoms with Crippen LogP contribution in [-0.2, 0) is 4.74 Å². The zero-order valence-corrected chi connectivity index (χ0v) is 10.2. The van der Waals surface area contributed by atoms with E-state index in [2.05, 4.69) is 10.2 Å². The van der Waals surface area contributed by atoms with E-state index in [4.69, 9.17) is 4.74 Å². The summed E-state index contributed by atoms with van der Waals surface area (Å²) in [6, 6.07) is 5.86. The lowest BCUT2D eigenvalue weighted by Gasteiger charge is -2.26. The standard InChI is InChI=1S/C13H17FN2O2/c14-12-4-2-1-3-11(12)13(17)18-10-9-16-7-5-15-6-8-16/h1-4,15H,5-10H2. The van der Waals surface area contributed by atoms with Gasteiger partial charge in [0, 0.05) is 32.7 Å². The fourth-order valence-corrected chi connectivity index (χ4v) is 1.91. The summed E-state index contributed by atoms with van der Waals surface area (Å²) in [4.78, 5) is 13.8. The number of halogens is 1. The number of carbonyl (C=O) groups is 1. The molecule has 1 fully saturated rings. The van der Waals surface area contributed by atoms with Crippen molar-refractivity contribution in [3.05, 3.63) is 35.6 Å². The molecule has 0 spiro atoms. The van der Waals surface area contributed by atoms with Crippen LogP contribution in [0.2, 0.25) is 0 Å². The van der Waals surface area contributed by atoms with Crippen LogP contribution in [0.4, 0.5) is 4.39 Å². The van der Waals surface area contributed by atoms with Crippen molar-refractivity contribution in [1.29, 1.82) is 0 Å². The molecule has 4 nitrogen and oxygen atoms in total. The summed E-state index contributed by atoms with van der Waals surface area (Å²) in [6.07, 6.45) is 0. The third-order valence-corrected chi connectivity index (χ3v) is 2.94. The van der Waals surface area contributed by atoms with Gasteiger partial charge in [0.05, 0.1) is 5.56 Å². The molecule has 0 aliphatic carbocycles. The molecule has 0 radical (unpaired) electrons. The Morgan fingerprint density at radius 3 is 2.78 bits per heavy atom. The number of benzene rings is 1. The lowest BCUT2D eigenvalue weighted by molar-refractivity contribution is 0.0451. The first-order valence-corrected chi connectivity index (χ1v) is 6.12. The number of hydrogen-bond donors (Lipinski definition) is 1. The van der Waals surface area contributed by atoms with Crippen LogP contribution < -0.4 is 5.32 Å². The highest BCUT2D eigenvalue weighted by atomic mass is 19.1. The second kappa shape index (κ2) is 6.47. The molecule has 1 saturated heterocycles. The number of rotatable bonds is 4. The first-order chi connectivity index (χ1) is 8.77. The van der Waals surface area contributed by atoms with Gasteiger partial charge in [-0.3, -0.25) is 4.90 Å². The van der Waals surface area contributed by atoms with Crippen LogP contribution in [0, 0.1) is 5.82 Å². The summed E-state index contributed by atoms with van der Waals surface area (Å²) in [5.74, 6) is -1.13. The summed E-state index contributed by atoms with van der Waals surface area (Å²) >= 11 is 0. The van der Waals surface area contributed by atoms with Gasteiger partial charge in [0.25, 0.3) is 0 Å². The fourth-order valence-electron chi connectivity index (χ4n) is 1.91. The van der Waals surface area contributed by atoms with E-state index < -0.39 is 11.8 Å². The van der Waals surface area contributed by atoms with Gasteiger partial charge in [-0.2, -0.15) is 0 Å². The number of nitrogens with one attached hydrogen (secondary N) is 1. The minimum Gasteiger partial charge on any atom is -0.461 e. The summed E-state index contributed by atoms with van der Waals surface area (Å²) in [6.45, 7) is 4.83. The average Bonchev–Trinajstić information content (AvgIpc) is 2.40. The summed E-state index contributed by atoms with van der Waals surface area (Å²) in [7, 11) is 0. The topological polar surface area (TPSA) is 41.6 Å². The molecule has 0 atom stereocenters. The van der Waals surface area contributed by atoms with Crippen LogP contribution in [-0.4, -0.2) is 50.2 Å². The normalized spacial score (nSPS) is 16.5. The van der Waals surface area contributed by atoms with Crippen LogP contribution in [0.15, 0.2) is 24.3 Å². The van der Waals surface area contributed by atoms with Gasteiger partial charge in [0.1, 0.15) is 12.4 Å². The maximum absolute atomic E-state index is 13.3. The van der Waals surface area contributed by atoms with E-state index in [1.165, 1.54) is 12.1 Å². The van der Waals surface area contributed by atoms with Crippen LogP contribution in [0.5, 0.6) is 0 Å². The number of esters is 1. The van der Waals surface area contributed by atoms with Crippen molar-refractivity contribution in [3.8, 4) is 0 Å². The third-order valence-electron chi connectivity index (χ3n) is 2.94. The molecule has 98 valence electrons. The Labute approximate surface area is 106 Å². The highest BCUT2D eigenvalue weighted by Crippen LogP contribution is 2.07. The maximum atomic E-state index is 13.3. The predicted molar refractivity (Wildman–Crippen MR) is 66.0 cm³/mol. The highest BCUT2D eigenvalue weighted by molar-refractivity contribution is 5.89. The maximum Gasteiger partial charge on any atom is 0.341 e. The molecule has 1 heterocycles. The molecule has 1 aliphatic heterocycles. The van der Waals surface area contributed by atoms with E-state index in [9.17, 15) is 9.18 Å². The van der Waals surface area contributed by atoms with E-state index in [0.717, 1.165) is 26.2 Å². The van der Waals surface area contributed by atoms with Crippen LogP contribution >= 0.6 is 0 Å². The van der Waals surface area contributed by atoms with Crippen LogP contribution in [0.3, 0.4) is 0 Å². The lowest BCUT2D eigenvalue weighted by atomic mass is 10.2. The van der Waals surface area contributed by atoms with Crippen molar-refractivity contribution < 1.29 is 13.9 Å². The lowest BCUT2D eigenvalue weighted by Crippen LogP contribution is -2.44. The fraction of sp³-hybridized carbons (Fsp3) is 0.462. The van der Waals surface area contributed by atoms with E-state index >= 15 is 0 Å². The van der Waals surface area contributed by atoms with Gasteiger partial charge in [-0.25, -0.2) is 9.18 Å². The molecule has 1 aliphatic rings. The number of nitrogens with zero attached hydrogens (tertiary/aromatic N) is 1. The largest absolute Gasteiger partial charge is 0.461 e. The first kappa shape index (κ1) is 13.0. The zero-order chi connectivity index (χ0) is 12.8. The molecule has 1 aromatic carbocycles. The molecule has 1 aromatic rings. The zero-order valence-electron chi connectivity index (χ0n) is 10.2. The van der Waals surface area contributed by atoms with E-state index in [0.29, 0.717) is 13.2 Å². The Bertz CT molecular complexity index is 406. The molecule has 0 unspecified atom stereocenters. The molecular formula is C13H17FN2O2. The number of ether oxygens (including phenoxy) is 1. The number of piperazine rings is 1. The van der Waals surface area contributed by atoms with Crippen LogP contribution in [0.1, 0.15) is 10.4 Å². The van der Waals surface area contributed by atoms with E-state index in [1.807, 2.05) is 0 Å². The first-order valence-electron chi connectivity index (χ1n) is 6.12. The van der Waals surface area contributed by atoms with E-state index in [1.54, 1.807) is 12.1 Å². The van der Waals surface area contributed by atoms with Crippen molar-refractivity contribution in [2.45, 2.75) is 0 Å². The van der Waals surface area contributed by atoms with Crippen molar-refractivity contribution in [2.75, 3.05) is 39.3 Å². The molecule has 1 N–H and O–H groups in total. The Balaban J connectivity index is 1.76. The Morgan fingerprint density at radius 1 is 1.33 bits per heavy atom. The quantitative estimate of drug-likeness (QED) is 0.808. The van der Waals surface area contributed by atoms with Crippen molar-refractivity contribution in [3.63, 3.8) is 0 Å². The van der Waals surface area contributed by atoms with Gasteiger partial charge in [-0.1, -0.05) is 12.1 Å². The second-order valence-electron chi connectivity index (χ2n) is 4.21. The van der Waals surface area contributed by atoms with Crippen LogP contribution in [0.25, 0.3) is 0 Å². The van der Waals surface area contributed by atoms with Gasteiger partial charge >= 0.3 is 5.97 Å². The Hall–Kier alpha value is -1.46. The van der Waals surface area contributed by atoms with Gasteiger partial charge in [0.2, 0.25) is 0 Å². The Morgan fingerprint density at radius 2 is 2.06 bits per heavy atom. The summed E-state index contributed by atoms with van der Waals surface area (Å²) < 4.78 is 18.4. The minimum atomic E-state index is -0.594. The molecule has 0 amide bonds. The molecule has 18 heavy (non-hydrogen) atoms. The summed E-state index contributed by atoms with van der Waals surface area (Å²) in [5.41, 5.74) is -0.00203. The molecule has 0 aromatic heterocycles. The van der Waals surface area contributed by atoms with Crippen molar-refractivity contribution in [2.24, 2.45) is 0 Å². The third kappa shape index (κ3) is 3.51. The predicted octanol–water partition coefficient (Wildman–Crippen LogP) is 0.888. The average molecular weight is 252 g/mol. The van der Waals surface area contributed by atoms with Gasteiger partial charge in [-0.15, -0.1) is 0 Å². The summed E-state index contributed by atoms with van der Waals surface area (Å²) in [5, 5.41) is 3.25. The monoisotopic (exact) mass is 252 g/mol. The van der Waals surface area contributed by atoms with E-state index in [-0.39, 0.29) is 5.56 Å². The number of hydrogen-bond acceptors (Lipinski definition) is 4. The second-order valence-corrected chi connectivity index (χ2v) is 4.21. The number of carbonyl (C=O) groups excluding carboxylic acids is 1. The Kier molecular flexibility index (Phi) is 4.66. The minimum absolute atomic E-state index is 0.00203. The van der Waals surface area contributed by atoms with Crippen molar-refractivity contribution in [1.82, 2.24) is 10.2 Å². The molecule has 0 saturated carbocycles. The molecular weight excluding hydrogens is 235 g/mol. The SMILES string of the molecule is O=C(OCCN1CCNCC1)c1ccccc1F. The smallest absolute Gasteiger partial charge is 0.341 e. The molecule has 5 heteroatoms. The van der Waals surface area contributed by atoms with Gasteiger partial charge in [-0.05, 0) is 12.1 Å². The van der Waals surface area contributed by atoms with Gasteiger partial charge in [0.15, 0.2) is 0 Å². The molecule has 2 rings (SSSR count). The highest BCUT2D eigenvalue weighted by Gasteiger charge is 2.13. The van der Waals surface area contributed by atoms with Crippen molar-refractivity contribution >= 4 is 5.97 Å². The molecule has 0 bridgehead atoms.